The monoisotopic (exact) mass is 433 g/mol. The van der Waals surface area contributed by atoms with Gasteiger partial charge >= 0.3 is 0 Å². The fraction of sp³-hybridized carbons (Fsp3) is 0.385. The van der Waals surface area contributed by atoms with E-state index in [9.17, 15) is 0 Å². The summed E-state index contributed by atoms with van der Waals surface area (Å²) in [7, 11) is 1.72. The minimum Gasteiger partial charge on any atom is -0.468 e. The standard InChI is InChI=1S/C26H31N3OS/c1-19-9-10-20(2)24(17-19)28-26(30-3)29-15-13-22(14-16-29)25-27-23(18-31-25)12-11-21-7-5-4-6-8-21/h4-10,17-18,22H,11-16H2,1-3H3. The van der Waals surface area contributed by atoms with Crippen LogP contribution in [0.15, 0.2) is 58.9 Å². The van der Waals surface area contributed by atoms with Crippen LogP contribution in [-0.2, 0) is 17.6 Å². The molecule has 5 heteroatoms. The Morgan fingerprint density at radius 1 is 1.10 bits per heavy atom. The molecule has 1 fully saturated rings. The third-order valence-corrected chi connectivity index (χ3v) is 7.02. The molecule has 1 aromatic heterocycles. The number of benzene rings is 2. The van der Waals surface area contributed by atoms with Crippen LogP contribution in [0, 0.1) is 13.8 Å². The first-order valence-electron chi connectivity index (χ1n) is 11.1. The van der Waals surface area contributed by atoms with Crippen molar-refractivity contribution < 1.29 is 4.74 Å². The number of hydrogen-bond acceptors (Lipinski definition) is 4. The van der Waals surface area contributed by atoms with Crippen LogP contribution in [0.25, 0.3) is 0 Å². The zero-order valence-electron chi connectivity index (χ0n) is 18.7. The molecular weight excluding hydrogens is 402 g/mol. The van der Waals surface area contributed by atoms with Crippen LogP contribution < -0.4 is 0 Å². The molecule has 31 heavy (non-hydrogen) atoms. The molecule has 3 aromatic rings. The first-order valence-corrected chi connectivity index (χ1v) is 11.9. The van der Waals surface area contributed by atoms with Crippen molar-refractivity contribution >= 4 is 23.0 Å². The number of likely N-dealkylation sites (tertiary alicyclic amines) is 1. The summed E-state index contributed by atoms with van der Waals surface area (Å²) in [6.07, 6.45) is 4.23. The zero-order valence-corrected chi connectivity index (χ0v) is 19.5. The summed E-state index contributed by atoms with van der Waals surface area (Å²) in [6, 6.07) is 17.7. The number of methoxy groups -OCH3 is 1. The summed E-state index contributed by atoms with van der Waals surface area (Å²) in [5, 5.41) is 3.53. The molecule has 0 aliphatic carbocycles. The number of thiazole rings is 1. The summed E-state index contributed by atoms with van der Waals surface area (Å²) in [5.41, 5.74) is 5.97. The molecule has 2 heterocycles. The number of aryl methyl sites for hydroxylation is 4. The lowest BCUT2D eigenvalue weighted by molar-refractivity contribution is 0.239. The summed E-state index contributed by atoms with van der Waals surface area (Å²) < 4.78 is 5.67. The highest BCUT2D eigenvalue weighted by Gasteiger charge is 2.25. The molecular formula is C26H31N3OS. The van der Waals surface area contributed by atoms with Gasteiger partial charge in [-0.1, -0.05) is 42.5 Å². The quantitative estimate of drug-likeness (QED) is 0.363. The smallest absolute Gasteiger partial charge is 0.292 e. The highest BCUT2D eigenvalue weighted by molar-refractivity contribution is 7.09. The molecule has 4 rings (SSSR count). The Kier molecular flexibility index (Phi) is 7.03. The molecule has 0 radical (unpaired) electrons. The van der Waals surface area contributed by atoms with E-state index in [4.69, 9.17) is 14.7 Å². The van der Waals surface area contributed by atoms with Crippen LogP contribution in [0.5, 0.6) is 0 Å². The molecule has 1 aliphatic rings. The molecule has 0 unspecified atom stereocenters. The number of amidine groups is 1. The van der Waals surface area contributed by atoms with Gasteiger partial charge in [-0.25, -0.2) is 4.98 Å². The first kappa shape index (κ1) is 21.6. The zero-order chi connectivity index (χ0) is 21.6. The van der Waals surface area contributed by atoms with E-state index in [0.717, 1.165) is 50.5 Å². The maximum atomic E-state index is 5.67. The van der Waals surface area contributed by atoms with Crippen LogP contribution in [0.4, 0.5) is 5.69 Å². The van der Waals surface area contributed by atoms with Gasteiger partial charge in [-0.3, -0.25) is 0 Å². The highest BCUT2D eigenvalue weighted by Crippen LogP contribution is 2.31. The van der Waals surface area contributed by atoms with E-state index in [-0.39, 0.29) is 0 Å². The van der Waals surface area contributed by atoms with Crippen LogP contribution in [0.2, 0.25) is 0 Å². The molecule has 0 bridgehead atoms. The number of ether oxygens (including phenoxy) is 1. The largest absolute Gasteiger partial charge is 0.468 e. The Hall–Kier alpha value is -2.66. The lowest BCUT2D eigenvalue weighted by Gasteiger charge is -2.32. The van der Waals surface area contributed by atoms with Crippen LogP contribution in [-0.4, -0.2) is 36.1 Å². The number of aromatic nitrogens is 1. The normalized spacial score (nSPS) is 15.3. The van der Waals surface area contributed by atoms with E-state index >= 15 is 0 Å². The average molecular weight is 434 g/mol. The minimum atomic E-state index is 0.533. The molecule has 2 aromatic carbocycles. The number of rotatable bonds is 5. The van der Waals surface area contributed by atoms with E-state index in [2.05, 4.69) is 72.7 Å². The van der Waals surface area contributed by atoms with E-state index in [1.165, 1.54) is 27.4 Å². The van der Waals surface area contributed by atoms with Gasteiger partial charge in [0, 0.05) is 24.4 Å². The van der Waals surface area contributed by atoms with Crippen molar-refractivity contribution in [2.24, 2.45) is 4.99 Å². The molecule has 0 spiro atoms. The second kappa shape index (κ2) is 10.1. The highest BCUT2D eigenvalue weighted by atomic mass is 32.1. The van der Waals surface area contributed by atoms with Gasteiger partial charge in [-0.05, 0) is 62.3 Å². The molecule has 1 saturated heterocycles. The molecule has 0 N–H and O–H groups in total. The predicted octanol–water partition coefficient (Wildman–Crippen LogP) is 6.06. The fourth-order valence-corrected chi connectivity index (χ4v) is 5.07. The van der Waals surface area contributed by atoms with Crippen molar-refractivity contribution in [3.8, 4) is 0 Å². The van der Waals surface area contributed by atoms with Crippen molar-refractivity contribution in [3.05, 3.63) is 81.3 Å². The molecule has 0 saturated carbocycles. The Bertz CT molecular complexity index is 1020. The maximum absolute atomic E-state index is 5.67. The van der Waals surface area contributed by atoms with Gasteiger partial charge in [0.05, 0.1) is 23.5 Å². The number of piperidine rings is 1. The van der Waals surface area contributed by atoms with Gasteiger partial charge in [-0.15, -0.1) is 11.3 Å². The topological polar surface area (TPSA) is 37.7 Å². The van der Waals surface area contributed by atoms with Gasteiger partial charge < -0.3 is 9.64 Å². The summed E-state index contributed by atoms with van der Waals surface area (Å²) >= 11 is 1.82. The van der Waals surface area contributed by atoms with Crippen LogP contribution in [0.3, 0.4) is 0 Å². The van der Waals surface area contributed by atoms with Gasteiger partial charge in [0.1, 0.15) is 0 Å². The Morgan fingerprint density at radius 3 is 2.61 bits per heavy atom. The van der Waals surface area contributed by atoms with Crippen molar-refractivity contribution in [2.45, 2.75) is 45.4 Å². The number of aliphatic imine (C=N–C) groups is 1. The van der Waals surface area contributed by atoms with Crippen molar-refractivity contribution in [2.75, 3.05) is 20.2 Å². The van der Waals surface area contributed by atoms with Gasteiger partial charge in [0.25, 0.3) is 6.02 Å². The van der Waals surface area contributed by atoms with Gasteiger partial charge in [0.15, 0.2) is 0 Å². The lowest BCUT2D eigenvalue weighted by atomic mass is 9.98. The molecule has 1 aliphatic heterocycles. The Morgan fingerprint density at radius 2 is 1.87 bits per heavy atom. The third kappa shape index (κ3) is 5.53. The van der Waals surface area contributed by atoms with E-state index < -0.39 is 0 Å². The number of hydrogen-bond donors (Lipinski definition) is 0. The van der Waals surface area contributed by atoms with Crippen molar-refractivity contribution in [3.63, 3.8) is 0 Å². The summed E-state index contributed by atoms with van der Waals surface area (Å²) in [5.74, 6) is 0.533. The average Bonchev–Trinajstić information content (AvgIpc) is 3.28. The minimum absolute atomic E-state index is 0.533. The van der Waals surface area contributed by atoms with Crippen LogP contribution >= 0.6 is 11.3 Å². The first-order chi connectivity index (χ1) is 15.1. The Labute approximate surface area is 189 Å². The van der Waals surface area contributed by atoms with Gasteiger partial charge in [-0.2, -0.15) is 4.99 Å². The number of nitrogens with zero attached hydrogens (tertiary/aromatic N) is 3. The second-order valence-corrected chi connectivity index (χ2v) is 9.20. The maximum Gasteiger partial charge on any atom is 0.292 e. The molecule has 0 atom stereocenters. The van der Waals surface area contributed by atoms with E-state index in [0.29, 0.717) is 5.92 Å². The van der Waals surface area contributed by atoms with Crippen molar-refractivity contribution in [1.29, 1.82) is 0 Å². The van der Waals surface area contributed by atoms with Crippen molar-refractivity contribution in [1.82, 2.24) is 9.88 Å². The predicted molar refractivity (Wildman–Crippen MR) is 130 cm³/mol. The second-order valence-electron chi connectivity index (χ2n) is 8.31. The third-order valence-electron chi connectivity index (χ3n) is 5.96. The molecule has 4 nitrogen and oxygen atoms in total. The van der Waals surface area contributed by atoms with Crippen LogP contribution in [0.1, 0.15) is 46.2 Å². The van der Waals surface area contributed by atoms with E-state index in [1.807, 2.05) is 11.3 Å². The van der Waals surface area contributed by atoms with Gasteiger partial charge in [0.2, 0.25) is 0 Å². The van der Waals surface area contributed by atoms with E-state index in [1.54, 1.807) is 7.11 Å². The Balaban J connectivity index is 1.35. The summed E-state index contributed by atoms with van der Waals surface area (Å²) in [6.45, 7) is 6.08. The summed E-state index contributed by atoms with van der Waals surface area (Å²) in [4.78, 5) is 12.1. The molecule has 162 valence electrons. The fourth-order valence-electron chi connectivity index (χ4n) is 4.05. The SMILES string of the molecule is COC(=Nc1cc(C)ccc1C)N1CCC(c2nc(CCc3ccccc3)cs2)CC1. The molecule has 0 amide bonds. The lowest BCUT2D eigenvalue weighted by Crippen LogP contribution is -2.38.